The van der Waals surface area contributed by atoms with Gasteiger partial charge in [0.15, 0.2) is 0 Å². The van der Waals surface area contributed by atoms with E-state index in [4.69, 9.17) is 0 Å². The van der Waals surface area contributed by atoms with Crippen molar-refractivity contribution >= 4 is 0 Å². The Balaban J connectivity index is 2.56. The second-order valence-corrected chi connectivity index (χ2v) is 3.80. The Morgan fingerprint density at radius 3 is 2.44 bits per heavy atom. The summed E-state index contributed by atoms with van der Waals surface area (Å²) in [6.45, 7) is 7.16. The first-order valence-corrected chi connectivity index (χ1v) is 4.19. The van der Waals surface area contributed by atoms with Crippen LogP contribution in [0.5, 0.6) is 0 Å². The molecule has 54 valence electrons. The average Bonchev–Trinajstić information content (AvgIpc) is 2.15. The summed E-state index contributed by atoms with van der Waals surface area (Å²) in [5.74, 6) is 0.975. The van der Waals surface area contributed by atoms with Crippen molar-refractivity contribution in [1.82, 2.24) is 0 Å². The van der Waals surface area contributed by atoms with Crippen molar-refractivity contribution in [3.63, 3.8) is 0 Å². The third-order valence-corrected chi connectivity index (χ3v) is 3.38. The van der Waals surface area contributed by atoms with Crippen LogP contribution in [-0.2, 0) is 0 Å². The summed E-state index contributed by atoms with van der Waals surface area (Å²) in [7, 11) is 0. The van der Waals surface area contributed by atoms with Crippen LogP contribution in [-0.4, -0.2) is 0 Å². The van der Waals surface area contributed by atoms with Crippen molar-refractivity contribution in [3.05, 3.63) is 0 Å². The first-order chi connectivity index (χ1) is 4.19. The SMILES string of the molecule is CCC1(C)CCC[C@H]1C. The minimum absolute atomic E-state index is 0.694. The normalized spacial score (nSPS) is 43.7. The molecule has 0 radical (unpaired) electrons. The van der Waals surface area contributed by atoms with Crippen molar-refractivity contribution in [2.75, 3.05) is 0 Å². The fourth-order valence-corrected chi connectivity index (χ4v) is 1.93. The molecular weight excluding hydrogens is 108 g/mol. The predicted molar refractivity (Wildman–Crippen MR) is 41.4 cm³/mol. The molecule has 0 aromatic heterocycles. The van der Waals surface area contributed by atoms with Crippen LogP contribution in [0.1, 0.15) is 46.5 Å². The molecule has 0 spiro atoms. The maximum atomic E-state index is 2.44. The molecule has 1 fully saturated rings. The molecule has 0 nitrogen and oxygen atoms in total. The van der Waals surface area contributed by atoms with Gasteiger partial charge in [-0.05, 0) is 17.8 Å². The van der Waals surface area contributed by atoms with E-state index < -0.39 is 0 Å². The van der Waals surface area contributed by atoms with Gasteiger partial charge in [0.1, 0.15) is 0 Å². The van der Waals surface area contributed by atoms with E-state index in [1.165, 1.54) is 25.7 Å². The second-order valence-electron chi connectivity index (χ2n) is 3.80. The number of rotatable bonds is 1. The van der Waals surface area contributed by atoms with Gasteiger partial charge in [-0.3, -0.25) is 0 Å². The molecule has 0 heterocycles. The predicted octanol–water partition coefficient (Wildman–Crippen LogP) is 3.22. The van der Waals surface area contributed by atoms with Gasteiger partial charge in [-0.15, -0.1) is 0 Å². The molecule has 1 unspecified atom stereocenters. The Labute approximate surface area is 58.7 Å². The van der Waals surface area contributed by atoms with Gasteiger partial charge in [-0.2, -0.15) is 0 Å². The monoisotopic (exact) mass is 126 g/mol. The summed E-state index contributed by atoms with van der Waals surface area (Å²) in [6.07, 6.45) is 5.76. The maximum Gasteiger partial charge on any atom is -0.0303 e. The quantitative estimate of drug-likeness (QED) is 0.506. The molecule has 0 bridgehead atoms. The van der Waals surface area contributed by atoms with Crippen LogP contribution in [0.3, 0.4) is 0 Å². The Bertz CT molecular complexity index is 96.2. The van der Waals surface area contributed by atoms with E-state index in [-0.39, 0.29) is 0 Å². The largest absolute Gasteiger partial charge is 0.0649 e. The zero-order valence-corrected chi connectivity index (χ0v) is 6.91. The van der Waals surface area contributed by atoms with Crippen molar-refractivity contribution in [2.24, 2.45) is 11.3 Å². The van der Waals surface area contributed by atoms with E-state index in [2.05, 4.69) is 20.8 Å². The van der Waals surface area contributed by atoms with Crippen LogP contribution in [0, 0.1) is 11.3 Å². The lowest BCUT2D eigenvalue weighted by Gasteiger charge is -2.27. The standard InChI is InChI=1S/C9H18/c1-4-9(3)7-5-6-8(9)2/h8H,4-7H2,1-3H3/t8-,9?/m1/s1. The van der Waals surface area contributed by atoms with Crippen LogP contribution in [0.15, 0.2) is 0 Å². The zero-order chi connectivity index (χ0) is 6.91. The number of hydrogen-bond donors (Lipinski definition) is 0. The van der Waals surface area contributed by atoms with Gasteiger partial charge in [0.25, 0.3) is 0 Å². The molecular formula is C9H18. The summed E-state index contributed by atoms with van der Waals surface area (Å²) in [5, 5.41) is 0. The Morgan fingerprint density at radius 1 is 1.56 bits per heavy atom. The van der Waals surface area contributed by atoms with E-state index in [0.29, 0.717) is 5.41 Å². The minimum atomic E-state index is 0.694. The highest BCUT2D eigenvalue weighted by atomic mass is 14.4. The first kappa shape index (κ1) is 7.11. The second kappa shape index (κ2) is 2.32. The zero-order valence-electron chi connectivity index (χ0n) is 6.91. The third kappa shape index (κ3) is 1.12. The van der Waals surface area contributed by atoms with Crippen molar-refractivity contribution in [2.45, 2.75) is 46.5 Å². The summed E-state index contributed by atoms with van der Waals surface area (Å²) < 4.78 is 0. The lowest BCUT2D eigenvalue weighted by Crippen LogP contribution is -2.17. The topological polar surface area (TPSA) is 0 Å². The molecule has 1 aliphatic rings. The van der Waals surface area contributed by atoms with E-state index in [1.807, 2.05) is 0 Å². The van der Waals surface area contributed by atoms with Crippen LogP contribution in [0.2, 0.25) is 0 Å². The highest BCUT2D eigenvalue weighted by molar-refractivity contribution is 4.84. The molecule has 0 aliphatic heterocycles. The molecule has 1 aliphatic carbocycles. The van der Waals surface area contributed by atoms with Crippen LogP contribution < -0.4 is 0 Å². The Kier molecular flexibility index (Phi) is 1.83. The maximum absolute atomic E-state index is 2.44. The van der Waals surface area contributed by atoms with Gasteiger partial charge in [0, 0.05) is 0 Å². The molecule has 0 aromatic rings. The summed E-state index contributed by atoms with van der Waals surface area (Å²) in [4.78, 5) is 0. The van der Waals surface area contributed by atoms with E-state index in [1.54, 1.807) is 0 Å². The van der Waals surface area contributed by atoms with Gasteiger partial charge in [0.2, 0.25) is 0 Å². The molecule has 2 atom stereocenters. The lowest BCUT2D eigenvalue weighted by molar-refractivity contribution is 0.236. The summed E-state index contributed by atoms with van der Waals surface area (Å²) >= 11 is 0. The average molecular weight is 126 g/mol. The van der Waals surface area contributed by atoms with Gasteiger partial charge >= 0.3 is 0 Å². The molecule has 9 heavy (non-hydrogen) atoms. The molecule has 0 heteroatoms. The van der Waals surface area contributed by atoms with Crippen molar-refractivity contribution in [3.8, 4) is 0 Å². The molecule has 0 amide bonds. The summed E-state index contributed by atoms with van der Waals surface area (Å²) in [6, 6.07) is 0. The van der Waals surface area contributed by atoms with Crippen molar-refractivity contribution in [1.29, 1.82) is 0 Å². The van der Waals surface area contributed by atoms with Gasteiger partial charge in [-0.25, -0.2) is 0 Å². The summed E-state index contributed by atoms with van der Waals surface area (Å²) in [5.41, 5.74) is 0.694. The van der Waals surface area contributed by atoms with Crippen LogP contribution in [0.4, 0.5) is 0 Å². The Morgan fingerprint density at radius 2 is 2.22 bits per heavy atom. The number of hydrogen-bond acceptors (Lipinski definition) is 0. The minimum Gasteiger partial charge on any atom is -0.0649 e. The highest BCUT2D eigenvalue weighted by Crippen LogP contribution is 2.44. The van der Waals surface area contributed by atoms with Crippen molar-refractivity contribution < 1.29 is 0 Å². The van der Waals surface area contributed by atoms with E-state index in [9.17, 15) is 0 Å². The smallest absolute Gasteiger partial charge is 0.0303 e. The fourth-order valence-electron chi connectivity index (χ4n) is 1.93. The third-order valence-electron chi connectivity index (χ3n) is 3.38. The van der Waals surface area contributed by atoms with Crippen LogP contribution in [0.25, 0.3) is 0 Å². The highest BCUT2D eigenvalue weighted by Gasteiger charge is 2.33. The fraction of sp³-hybridized carbons (Fsp3) is 1.00. The van der Waals surface area contributed by atoms with Gasteiger partial charge in [-0.1, -0.05) is 40.0 Å². The molecule has 1 saturated carbocycles. The Hall–Kier alpha value is 0. The van der Waals surface area contributed by atoms with Gasteiger partial charge in [0.05, 0.1) is 0 Å². The van der Waals surface area contributed by atoms with Crippen LogP contribution >= 0.6 is 0 Å². The molecule has 0 aromatic carbocycles. The molecule has 0 N–H and O–H groups in total. The molecule has 1 rings (SSSR count). The van der Waals surface area contributed by atoms with E-state index in [0.717, 1.165) is 5.92 Å². The van der Waals surface area contributed by atoms with E-state index >= 15 is 0 Å². The lowest BCUT2D eigenvalue weighted by atomic mass is 9.79. The van der Waals surface area contributed by atoms with Gasteiger partial charge < -0.3 is 0 Å². The first-order valence-electron chi connectivity index (χ1n) is 4.19. The molecule has 0 saturated heterocycles.